The van der Waals surface area contributed by atoms with Crippen LogP contribution in [0, 0.1) is 18.8 Å². The maximum Gasteiger partial charge on any atom is 0.0454 e. The van der Waals surface area contributed by atoms with E-state index < -0.39 is 0 Å². The summed E-state index contributed by atoms with van der Waals surface area (Å²) in [5.74, 6) is 1.73. The van der Waals surface area contributed by atoms with Crippen molar-refractivity contribution in [3.63, 3.8) is 0 Å². The molecule has 0 aliphatic heterocycles. The van der Waals surface area contributed by atoms with Crippen molar-refractivity contribution in [2.75, 3.05) is 5.73 Å². The molecule has 0 radical (unpaired) electrons. The summed E-state index contributed by atoms with van der Waals surface area (Å²) in [5.41, 5.74) is 8.28. The van der Waals surface area contributed by atoms with Gasteiger partial charge in [-0.25, -0.2) is 0 Å². The van der Waals surface area contributed by atoms with E-state index in [0.717, 1.165) is 22.8 Å². The zero-order valence-electron chi connectivity index (χ0n) is 11.1. The minimum Gasteiger partial charge on any atom is -0.398 e. The summed E-state index contributed by atoms with van der Waals surface area (Å²) in [6.07, 6.45) is 4.06. The number of hydrogen-bond acceptors (Lipinski definition) is 2. The molecule has 0 aromatic heterocycles. The second kappa shape index (κ2) is 5.34. The van der Waals surface area contributed by atoms with Crippen molar-refractivity contribution in [2.45, 2.75) is 50.2 Å². The van der Waals surface area contributed by atoms with Gasteiger partial charge in [0.05, 0.1) is 0 Å². The molecule has 2 atom stereocenters. The van der Waals surface area contributed by atoms with E-state index in [1.54, 1.807) is 0 Å². The average Bonchev–Trinajstić information content (AvgIpc) is 2.21. The Morgan fingerprint density at radius 3 is 2.35 bits per heavy atom. The summed E-state index contributed by atoms with van der Waals surface area (Å²) in [5, 5.41) is 0.749. The summed E-state index contributed by atoms with van der Waals surface area (Å²) >= 11 is 1.98. The lowest BCUT2D eigenvalue weighted by molar-refractivity contribution is 0.309. The van der Waals surface area contributed by atoms with Crippen LogP contribution < -0.4 is 5.73 Å². The van der Waals surface area contributed by atoms with Gasteiger partial charge in [-0.05, 0) is 55.7 Å². The Hall–Kier alpha value is -0.630. The van der Waals surface area contributed by atoms with Crippen molar-refractivity contribution in [1.29, 1.82) is 0 Å². The highest BCUT2D eigenvalue weighted by Crippen LogP contribution is 2.40. The van der Waals surface area contributed by atoms with Crippen molar-refractivity contribution in [2.24, 2.45) is 11.8 Å². The van der Waals surface area contributed by atoms with Crippen LogP contribution in [0.1, 0.15) is 38.7 Å². The van der Waals surface area contributed by atoms with E-state index >= 15 is 0 Å². The van der Waals surface area contributed by atoms with Gasteiger partial charge in [0.25, 0.3) is 0 Å². The lowest BCUT2D eigenvalue weighted by Gasteiger charge is -2.31. The second-order valence-electron chi connectivity index (χ2n) is 5.70. The third-order valence-electron chi connectivity index (χ3n) is 3.59. The molecule has 1 fully saturated rings. The fourth-order valence-electron chi connectivity index (χ4n) is 2.92. The van der Waals surface area contributed by atoms with Gasteiger partial charge in [-0.15, -0.1) is 11.8 Å². The van der Waals surface area contributed by atoms with Crippen molar-refractivity contribution < 1.29 is 0 Å². The van der Waals surface area contributed by atoms with Crippen LogP contribution in [0.4, 0.5) is 5.69 Å². The highest BCUT2D eigenvalue weighted by molar-refractivity contribution is 8.00. The largest absolute Gasteiger partial charge is 0.398 e. The molecule has 1 aliphatic carbocycles. The SMILES string of the molecule is Cc1ccc(SC2CC(C)CC(C)C2)c(N)c1. The number of anilines is 1. The molecule has 1 saturated carbocycles. The number of aryl methyl sites for hydroxylation is 1. The standard InChI is InChI=1S/C15H23NS/c1-10-4-5-15(14(16)9-10)17-13-7-11(2)6-12(3)8-13/h4-5,9,11-13H,6-8,16H2,1-3H3. The quantitative estimate of drug-likeness (QED) is 0.781. The van der Waals surface area contributed by atoms with Crippen molar-refractivity contribution in [3.05, 3.63) is 23.8 Å². The van der Waals surface area contributed by atoms with Crippen LogP contribution in [-0.2, 0) is 0 Å². The average molecular weight is 249 g/mol. The van der Waals surface area contributed by atoms with E-state index in [1.807, 2.05) is 11.8 Å². The van der Waals surface area contributed by atoms with Gasteiger partial charge in [0.15, 0.2) is 0 Å². The van der Waals surface area contributed by atoms with E-state index in [4.69, 9.17) is 5.73 Å². The van der Waals surface area contributed by atoms with E-state index in [9.17, 15) is 0 Å². The van der Waals surface area contributed by atoms with Crippen molar-refractivity contribution in [1.82, 2.24) is 0 Å². The lowest BCUT2D eigenvalue weighted by Crippen LogP contribution is -2.21. The van der Waals surface area contributed by atoms with Gasteiger partial charge in [-0.1, -0.05) is 19.9 Å². The van der Waals surface area contributed by atoms with Gasteiger partial charge in [-0.3, -0.25) is 0 Å². The van der Waals surface area contributed by atoms with E-state index in [2.05, 4.69) is 39.0 Å². The summed E-state index contributed by atoms with van der Waals surface area (Å²) < 4.78 is 0. The van der Waals surface area contributed by atoms with Gasteiger partial charge in [0.2, 0.25) is 0 Å². The molecule has 2 rings (SSSR count). The van der Waals surface area contributed by atoms with E-state index in [1.165, 1.54) is 29.7 Å². The van der Waals surface area contributed by atoms with Crippen LogP contribution in [0.2, 0.25) is 0 Å². The number of hydrogen-bond donors (Lipinski definition) is 1. The van der Waals surface area contributed by atoms with Crippen molar-refractivity contribution >= 4 is 17.4 Å². The minimum atomic E-state index is 0.749. The molecule has 17 heavy (non-hydrogen) atoms. The first kappa shape index (κ1) is 12.8. The maximum atomic E-state index is 6.09. The van der Waals surface area contributed by atoms with Crippen LogP contribution in [0.15, 0.2) is 23.1 Å². The fraction of sp³-hybridized carbons (Fsp3) is 0.600. The zero-order valence-corrected chi connectivity index (χ0v) is 11.9. The first-order valence-electron chi connectivity index (χ1n) is 6.57. The first-order valence-corrected chi connectivity index (χ1v) is 7.45. The Kier molecular flexibility index (Phi) is 4.03. The van der Waals surface area contributed by atoms with Crippen molar-refractivity contribution in [3.8, 4) is 0 Å². The summed E-state index contributed by atoms with van der Waals surface area (Å²) in [6, 6.07) is 6.42. The third-order valence-corrected chi connectivity index (χ3v) is 4.94. The molecule has 1 aromatic carbocycles. The molecular formula is C15H23NS. The molecule has 0 spiro atoms. The number of nitrogen functional groups attached to an aromatic ring is 1. The molecule has 94 valence electrons. The molecule has 1 nitrogen and oxygen atoms in total. The summed E-state index contributed by atoms with van der Waals surface area (Å²) in [7, 11) is 0. The molecule has 0 bridgehead atoms. The predicted molar refractivity (Wildman–Crippen MR) is 77.4 cm³/mol. The third kappa shape index (κ3) is 3.41. The number of nitrogens with two attached hydrogens (primary N) is 1. The van der Waals surface area contributed by atoms with Crippen LogP contribution in [0.5, 0.6) is 0 Å². The van der Waals surface area contributed by atoms with Crippen LogP contribution >= 0.6 is 11.8 Å². The molecule has 2 unspecified atom stereocenters. The number of thioether (sulfide) groups is 1. The Bertz CT molecular complexity index is 379. The topological polar surface area (TPSA) is 26.0 Å². The fourth-order valence-corrected chi connectivity index (χ4v) is 4.47. The van der Waals surface area contributed by atoms with Crippen LogP contribution in [-0.4, -0.2) is 5.25 Å². The molecule has 0 saturated heterocycles. The van der Waals surface area contributed by atoms with Gasteiger partial charge >= 0.3 is 0 Å². The number of benzene rings is 1. The highest BCUT2D eigenvalue weighted by Gasteiger charge is 2.24. The Labute approximate surface area is 109 Å². The second-order valence-corrected chi connectivity index (χ2v) is 7.04. The molecule has 2 heteroatoms. The zero-order chi connectivity index (χ0) is 12.4. The van der Waals surface area contributed by atoms with E-state index in [0.29, 0.717) is 0 Å². The Morgan fingerprint density at radius 1 is 1.12 bits per heavy atom. The molecule has 2 N–H and O–H groups in total. The molecule has 1 aromatic rings. The van der Waals surface area contributed by atoms with Gasteiger partial charge in [-0.2, -0.15) is 0 Å². The summed E-state index contributed by atoms with van der Waals surface area (Å²) in [4.78, 5) is 1.27. The minimum absolute atomic E-state index is 0.749. The van der Waals surface area contributed by atoms with E-state index in [-0.39, 0.29) is 0 Å². The summed E-state index contributed by atoms with van der Waals surface area (Å²) in [6.45, 7) is 6.85. The van der Waals surface area contributed by atoms with Gasteiger partial charge in [0.1, 0.15) is 0 Å². The van der Waals surface area contributed by atoms with Crippen LogP contribution in [0.25, 0.3) is 0 Å². The highest BCUT2D eigenvalue weighted by atomic mass is 32.2. The van der Waals surface area contributed by atoms with Gasteiger partial charge < -0.3 is 5.73 Å². The monoisotopic (exact) mass is 249 g/mol. The molecule has 0 heterocycles. The number of rotatable bonds is 2. The Morgan fingerprint density at radius 2 is 1.76 bits per heavy atom. The lowest BCUT2D eigenvalue weighted by atomic mass is 9.83. The molecular weight excluding hydrogens is 226 g/mol. The first-order chi connectivity index (χ1) is 8.04. The normalized spacial score (nSPS) is 29.2. The Balaban J connectivity index is 2.04. The van der Waals surface area contributed by atoms with Gasteiger partial charge in [0, 0.05) is 15.8 Å². The van der Waals surface area contributed by atoms with Crippen LogP contribution in [0.3, 0.4) is 0 Å². The molecule has 1 aliphatic rings. The molecule has 0 amide bonds. The smallest absolute Gasteiger partial charge is 0.0454 e. The maximum absolute atomic E-state index is 6.09. The predicted octanol–water partition coefficient (Wildman–Crippen LogP) is 4.49.